The SMILES string of the molecule is NC(=S)CCc1ccc(Cl)cc1Cl. The van der Waals surface area contributed by atoms with Gasteiger partial charge in [-0.25, -0.2) is 0 Å². The molecular weight excluding hydrogens is 225 g/mol. The Labute approximate surface area is 92.8 Å². The number of aryl methyl sites for hydroxylation is 1. The molecule has 1 rings (SSSR count). The number of hydrogen-bond donors (Lipinski definition) is 1. The van der Waals surface area contributed by atoms with Crippen molar-refractivity contribution in [2.45, 2.75) is 12.8 Å². The molecule has 0 aliphatic heterocycles. The minimum Gasteiger partial charge on any atom is -0.393 e. The largest absolute Gasteiger partial charge is 0.393 e. The molecule has 0 unspecified atom stereocenters. The fourth-order valence-electron chi connectivity index (χ4n) is 0.982. The summed E-state index contributed by atoms with van der Waals surface area (Å²) in [6, 6.07) is 5.42. The minimum absolute atomic E-state index is 0.506. The first-order valence-electron chi connectivity index (χ1n) is 3.82. The minimum atomic E-state index is 0.506. The second kappa shape index (κ2) is 4.80. The summed E-state index contributed by atoms with van der Waals surface area (Å²) in [4.78, 5) is 0.506. The quantitative estimate of drug-likeness (QED) is 0.812. The van der Waals surface area contributed by atoms with E-state index in [9.17, 15) is 0 Å². The Balaban J connectivity index is 2.72. The first-order valence-corrected chi connectivity index (χ1v) is 4.98. The molecule has 13 heavy (non-hydrogen) atoms. The molecule has 0 bridgehead atoms. The predicted molar refractivity (Wildman–Crippen MR) is 61.6 cm³/mol. The van der Waals surface area contributed by atoms with E-state index in [1.807, 2.05) is 12.1 Å². The third-order valence-electron chi connectivity index (χ3n) is 1.66. The normalized spacial score (nSPS) is 10.0. The van der Waals surface area contributed by atoms with Crippen LogP contribution in [-0.2, 0) is 6.42 Å². The number of nitrogens with two attached hydrogens (primary N) is 1. The third kappa shape index (κ3) is 3.51. The third-order valence-corrected chi connectivity index (χ3v) is 2.45. The van der Waals surface area contributed by atoms with Gasteiger partial charge in [0.25, 0.3) is 0 Å². The van der Waals surface area contributed by atoms with Crippen LogP contribution in [0.5, 0.6) is 0 Å². The molecule has 4 heteroatoms. The number of benzene rings is 1. The van der Waals surface area contributed by atoms with Gasteiger partial charge in [0.2, 0.25) is 0 Å². The van der Waals surface area contributed by atoms with Gasteiger partial charge < -0.3 is 5.73 Å². The summed E-state index contributed by atoms with van der Waals surface area (Å²) < 4.78 is 0. The maximum Gasteiger partial charge on any atom is 0.0730 e. The zero-order chi connectivity index (χ0) is 9.84. The molecule has 70 valence electrons. The Morgan fingerprint density at radius 3 is 2.62 bits per heavy atom. The van der Waals surface area contributed by atoms with Crippen molar-refractivity contribution in [1.29, 1.82) is 0 Å². The van der Waals surface area contributed by atoms with Crippen LogP contribution in [0, 0.1) is 0 Å². The highest BCUT2D eigenvalue weighted by Gasteiger charge is 2.01. The number of rotatable bonds is 3. The van der Waals surface area contributed by atoms with Crippen LogP contribution >= 0.6 is 35.4 Å². The zero-order valence-electron chi connectivity index (χ0n) is 6.89. The Hall–Kier alpha value is -0.310. The van der Waals surface area contributed by atoms with E-state index in [0.717, 1.165) is 12.0 Å². The van der Waals surface area contributed by atoms with Crippen molar-refractivity contribution < 1.29 is 0 Å². The van der Waals surface area contributed by atoms with Crippen molar-refractivity contribution in [3.05, 3.63) is 33.8 Å². The lowest BCUT2D eigenvalue weighted by Gasteiger charge is -2.03. The Morgan fingerprint density at radius 2 is 2.08 bits per heavy atom. The second-order valence-electron chi connectivity index (χ2n) is 2.70. The van der Waals surface area contributed by atoms with E-state index in [-0.39, 0.29) is 0 Å². The van der Waals surface area contributed by atoms with Gasteiger partial charge in [0.1, 0.15) is 0 Å². The Bertz CT molecular complexity index is 325. The fraction of sp³-hybridized carbons (Fsp3) is 0.222. The highest BCUT2D eigenvalue weighted by atomic mass is 35.5. The lowest BCUT2D eigenvalue weighted by Crippen LogP contribution is -2.08. The number of hydrogen-bond acceptors (Lipinski definition) is 1. The van der Waals surface area contributed by atoms with E-state index in [0.29, 0.717) is 21.5 Å². The summed E-state index contributed by atoms with van der Waals surface area (Å²) in [7, 11) is 0. The van der Waals surface area contributed by atoms with Gasteiger partial charge in [0, 0.05) is 16.5 Å². The van der Waals surface area contributed by atoms with Crippen LogP contribution in [0.3, 0.4) is 0 Å². The van der Waals surface area contributed by atoms with E-state index in [1.165, 1.54) is 0 Å². The molecule has 0 amide bonds. The molecule has 0 fully saturated rings. The van der Waals surface area contributed by atoms with Crippen molar-refractivity contribution in [2.75, 3.05) is 0 Å². The molecule has 1 aromatic carbocycles. The van der Waals surface area contributed by atoms with Crippen molar-refractivity contribution in [3.63, 3.8) is 0 Å². The average molecular weight is 234 g/mol. The molecule has 0 aliphatic carbocycles. The Morgan fingerprint density at radius 1 is 1.38 bits per heavy atom. The smallest absolute Gasteiger partial charge is 0.0730 e. The summed E-state index contributed by atoms with van der Waals surface area (Å²) in [5, 5.41) is 1.31. The van der Waals surface area contributed by atoms with Crippen LogP contribution in [0.15, 0.2) is 18.2 Å². The molecule has 0 saturated carbocycles. The van der Waals surface area contributed by atoms with Crippen LogP contribution in [0.1, 0.15) is 12.0 Å². The topological polar surface area (TPSA) is 26.0 Å². The number of halogens is 2. The van der Waals surface area contributed by atoms with E-state index < -0.39 is 0 Å². The van der Waals surface area contributed by atoms with Crippen LogP contribution in [-0.4, -0.2) is 4.99 Å². The van der Waals surface area contributed by atoms with Crippen molar-refractivity contribution in [1.82, 2.24) is 0 Å². The van der Waals surface area contributed by atoms with Gasteiger partial charge in [0.15, 0.2) is 0 Å². The molecular formula is C9H9Cl2NS. The van der Waals surface area contributed by atoms with Crippen molar-refractivity contribution >= 4 is 40.4 Å². The average Bonchev–Trinajstić information content (AvgIpc) is 2.02. The molecule has 0 aliphatic rings. The van der Waals surface area contributed by atoms with Crippen LogP contribution in [0.4, 0.5) is 0 Å². The van der Waals surface area contributed by atoms with Gasteiger partial charge >= 0.3 is 0 Å². The molecule has 0 saturated heterocycles. The fourth-order valence-corrected chi connectivity index (χ4v) is 1.59. The van der Waals surface area contributed by atoms with Gasteiger partial charge in [-0.3, -0.25) is 0 Å². The van der Waals surface area contributed by atoms with Crippen molar-refractivity contribution in [3.8, 4) is 0 Å². The standard InChI is InChI=1S/C9H9Cl2NS/c10-7-3-1-6(8(11)5-7)2-4-9(12)13/h1,3,5H,2,4H2,(H2,12,13). The molecule has 0 heterocycles. The monoisotopic (exact) mass is 233 g/mol. The molecule has 1 aromatic rings. The maximum atomic E-state index is 5.94. The molecule has 0 radical (unpaired) electrons. The Kier molecular flexibility index (Phi) is 3.97. The van der Waals surface area contributed by atoms with Gasteiger partial charge in [-0.15, -0.1) is 0 Å². The predicted octanol–water partition coefficient (Wildman–Crippen LogP) is 3.21. The van der Waals surface area contributed by atoms with Crippen molar-refractivity contribution in [2.24, 2.45) is 5.73 Å². The molecule has 1 nitrogen and oxygen atoms in total. The van der Waals surface area contributed by atoms with Crippen LogP contribution < -0.4 is 5.73 Å². The first kappa shape index (κ1) is 10.8. The van der Waals surface area contributed by atoms with E-state index in [4.69, 9.17) is 41.2 Å². The molecule has 0 aromatic heterocycles. The van der Waals surface area contributed by atoms with E-state index in [2.05, 4.69) is 0 Å². The molecule has 0 atom stereocenters. The maximum absolute atomic E-state index is 5.94. The van der Waals surface area contributed by atoms with Gasteiger partial charge in [-0.1, -0.05) is 41.5 Å². The summed E-state index contributed by atoms with van der Waals surface area (Å²) in [6.45, 7) is 0. The molecule has 0 spiro atoms. The zero-order valence-corrected chi connectivity index (χ0v) is 9.22. The first-order chi connectivity index (χ1) is 6.09. The highest BCUT2D eigenvalue weighted by molar-refractivity contribution is 7.80. The number of thiocarbonyl (C=S) groups is 1. The van der Waals surface area contributed by atoms with Gasteiger partial charge in [-0.2, -0.15) is 0 Å². The van der Waals surface area contributed by atoms with E-state index in [1.54, 1.807) is 6.07 Å². The second-order valence-corrected chi connectivity index (χ2v) is 4.07. The molecule has 2 N–H and O–H groups in total. The summed E-state index contributed by atoms with van der Waals surface area (Å²) in [6.07, 6.45) is 1.45. The van der Waals surface area contributed by atoms with Crippen LogP contribution in [0.2, 0.25) is 10.0 Å². The van der Waals surface area contributed by atoms with E-state index >= 15 is 0 Å². The lowest BCUT2D eigenvalue weighted by atomic mass is 10.1. The summed E-state index contributed by atoms with van der Waals surface area (Å²) in [5.74, 6) is 0. The van der Waals surface area contributed by atoms with Gasteiger partial charge in [0.05, 0.1) is 4.99 Å². The van der Waals surface area contributed by atoms with Crippen LogP contribution in [0.25, 0.3) is 0 Å². The summed E-state index contributed by atoms with van der Waals surface area (Å²) >= 11 is 16.5. The highest BCUT2D eigenvalue weighted by Crippen LogP contribution is 2.21. The summed E-state index contributed by atoms with van der Waals surface area (Å²) in [5.41, 5.74) is 6.41. The lowest BCUT2D eigenvalue weighted by molar-refractivity contribution is 1.04. The van der Waals surface area contributed by atoms with Gasteiger partial charge in [-0.05, 0) is 24.1 Å².